The second-order valence-electron chi connectivity index (χ2n) is 6.44. The summed E-state index contributed by atoms with van der Waals surface area (Å²) in [5.74, 6) is -1.83. The average molecular weight is 417 g/mol. The monoisotopic (exact) mass is 417 g/mol. The molecule has 0 aliphatic rings. The van der Waals surface area contributed by atoms with Gasteiger partial charge in [0, 0.05) is 35.1 Å². The Hall–Kier alpha value is -3.69. The van der Waals surface area contributed by atoms with Gasteiger partial charge in [0.15, 0.2) is 12.4 Å². The molecule has 2 aromatic rings. The van der Waals surface area contributed by atoms with Gasteiger partial charge in [0.2, 0.25) is 5.78 Å². The van der Waals surface area contributed by atoms with E-state index in [4.69, 9.17) is 9.47 Å². The predicted octanol–water partition coefficient (Wildman–Crippen LogP) is 2.20. The van der Waals surface area contributed by atoms with E-state index < -0.39 is 30.0 Å². The van der Waals surface area contributed by atoms with E-state index in [1.807, 2.05) is 25.3 Å². The fourth-order valence-corrected chi connectivity index (χ4v) is 3.07. The van der Waals surface area contributed by atoms with Crippen LogP contribution in [0, 0.1) is 24.0 Å². The van der Waals surface area contributed by atoms with Crippen LogP contribution in [0.3, 0.4) is 0 Å². The largest absolute Gasteiger partial charge is 0.490 e. The topological polar surface area (TPSA) is 130 Å². The molecule has 2 rings (SSSR count). The number of carbonyl (C=O) groups excluding carboxylic acids is 3. The van der Waals surface area contributed by atoms with Crippen molar-refractivity contribution in [3.8, 4) is 5.75 Å². The zero-order valence-electron chi connectivity index (χ0n) is 17.2. The molecule has 0 aliphatic carbocycles. The molecule has 0 atom stereocenters. The third kappa shape index (κ3) is 5.02. The fourth-order valence-electron chi connectivity index (χ4n) is 3.07. The fraction of sp³-hybridized carbons (Fsp3) is 0.350. The molecule has 160 valence electrons. The Morgan fingerprint density at radius 3 is 2.47 bits per heavy atom. The number of carbonyl (C=O) groups is 3. The summed E-state index contributed by atoms with van der Waals surface area (Å²) < 4.78 is 11.8. The van der Waals surface area contributed by atoms with E-state index in [0.717, 1.165) is 24.0 Å². The quantitative estimate of drug-likeness (QED) is 0.286. The number of ether oxygens (including phenoxy) is 2. The molecule has 10 heteroatoms. The highest BCUT2D eigenvalue weighted by Gasteiger charge is 2.20. The third-order valence-electron chi connectivity index (χ3n) is 4.59. The molecular formula is C20H23N3O7. The summed E-state index contributed by atoms with van der Waals surface area (Å²) in [5, 5.41) is 13.3. The first kappa shape index (κ1) is 22.6. The number of nitrogens with one attached hydrogen (secondary N) is 1. The lowest BCUT2D eigenvalue weighted by Gasteiger charge is -2.08. The minimum Gasteiger partial charge on any atom is -0.490 e. The number of aromatic nitrogens is 1. The van der Waals surface area contributed by atoms with Crippen molar-refractivity contribution in [2.75, 3.05) is 20.3 Å². The molecule has 1 amide bonds. The van der Waals surface area contributed by atoms with Crippen LogP contribution in [0.4, 0.5) is 5.69 Å². The number of esters is 1. The van der Waals surface area contributed by atoms with Gasteiger partial charge in [-0.1, -0.05) is 0 Å². The van der Waals surface area contributed by atoms with E-state index in [-0.39, 0.29) is 22.8 Å². The van der Waals surface area contributed by atoms with Gasteiger partial charge in [-0.15, -0.1) is 0 Å². The molecule has 1 aromatic carbocycles. The summed E-state index contributed by atoms with van der Waals surface area (Å²) in [4.78, 5) is 46.7. The van der Waals surface area contributed by atoms with Gasteiger partial charge in [0.25, 0.3) is 5.91 Å². The molecule has 0 saturated carbocycles. The lowest BCUT2D eigenvalue weighted by atomic mass is 10.1. The molecule has 0 bridgehead atoms. The summed E-state index contributed by atoms with van der Waals surface area (Å²) >= 11 is 0. The highest BCUT2D eigenvalue weighted by molar-refractivity contribution is 6.00. The van der Waals surface area contributed by atoms with E-state index in [1.54, 1.807) is 6.07 Å². The third-order valence-corrected chi connectivity index (χ3v) is 4.59. The second-order valence-corrected chi connectivity index (χ2v) is 6.44. The van der Waals surface area contributed by atoms with Crippen LogP contribution in [0.1, 0.15) is 39.0 Å². The van der Waals surface area contributed by atoms with Crippen molar-refractivity contribution in [3.05, 3.63) is 56.9 Å². The number of hydrogen-bond donors (Lipinski definition) is 1. The number of nitro benzene ring substituents is 1. The van der Waals surface area contributed by atoms with Crippen molar-refractivity contribution in [3.63, 3.8) is 0 Å². The smallest absolute Gasteiger partial charge is 0.325 e. The minimum atomic E-state index is -0.802. The standard InChI is InChI=1S/C20H23N3O7/c1-5-22-12(2)8-15(13(22)3)17(24)11-30-19(25)10-21-20(26)14-6-7-18(29-4)16(9-14)23(27)28/h6-9H,5,10-11H2,1-4H3,(H,21,26). The molecule has 1 N–H and O–H groups in total. The lowest BCUT2D eigenvalue weighted by molar-refractivity contribution is -0.385. The maximum absolute atomic E-state index is 12.3. The minimum absolute atomic E-state index is 0.0110. The van der Waals surface area contributed by atoms with Crippen molar-refractivity contribution in [2.24, 2.45) is 0 Å². The van der Waals surface area contributed by atoms with E-state index in [2.05, 4.69) is 5.32 Å². The van der Waals surface area contributed by atoms with Gasteiger partial charge in [0.05, 0.1) is 12.0 Å². The average Bonchev–Trinajstić information content (AvgIpc) is 3.02. The van der Waals surface area contributed by atoms with Crippen LogP contribution >= 0.6 is 0 Å². The molecule has 0 aliphatic heterocycles. The molecule has 0 spiro atoms. The number of nitrogens with zero attached hydrogens (tertiary/aromatic N) is 2. The Kier molecular flexibility index (Phi) is 7.29. The number of aryl methyl sites for hydroxylation is 1. The Morgan fingerprint density at radius 1 is 1.20 bits per heavy atom. The number of ketones is 1. The number of amides is 1. The van der Waals surface area contributed by atoms with Gasteiger partial charge in [0.1, 0.15) is 6.54 Å². The number of hydrogen-bond acceptors (Lipinski definition) is 7. The van der Waals surface area contributed by atoms with Crippen molar-refractivity contribution < 1.29 is 28.8 Å². The van der Waals surface area contributed by atoms with Crippen LogP contribution in [0.15, 0.2) is 24.3 Å². The lowest BCUT2D eigenvalue weighted by Crippen LogP contribution is -2.31. The molecule has 0 fully saturated rings. The van der Waals surface area contributed by atoms with Crippen LogP contribution < -0.4 is 10.1 Å². The Labute approximate surface area is 172 Å². The maximum Gasteiger partial charge on any atom is 0.325 e. The van der Waals surface area contributed by atoms with Gasteiger partial charge in [-0.3, -0.25) is 24.5 Å². The van der Waals surface area contributed by atoms with E-state index >= 15 is 0 Å². The van der Waals surface area contributed by atoms with Crippen molar-refractivity contribution in [1.82, 2.24) is 9.88 Å². The van der Waals surface area contributed by atoms with Gasteiger partial charge in [-0.25, -0.2) is 0 Å². The number of rotatable bonds is 9. The first-order valence-corrected chi connectivity index (χ1v) is 9.15. The molecule has 0 radical (unpaired) electrons. The van der Waals surface area contributed by atoms with Crippen LogP contribution in [0.25, 0.3) is 0 Å². The van der Waals surface area contributed by atoms with Crippen molar-refractivity contribution in [2.45, 2.75) is 27.3 Å². The first-order chi connectivity index (χ1) is 14.2. The zero-order valence-corrected chi connectivity index (χ0v) is 17.2. The van der Waals surface area contributed by atoms with Gasteiger partial charge in [-0.2, -0.15) is 0 Å². The number of benzene rings is 1. The summed E-state index contributed by atoms with van der Waals surface area (Å²) in [6.45, 7) is 5.46. The van der Waals surface area contributed by atoms with Crippen LogP contribution in [0.2, 0.25) is 0 Å². The summed E-state index contributed by atoms with van der Waals surface area (Å²) in [6, 6.07) is 5.41. The predicted molar refractivity (Wildman–Crippen MR) is 107 cm³/mol. The normalized spacial score (nSPS) is 10.4. The van der Waals surface area contributed by atoms with Gasteiger partial charge >= 0.3 is 11.7 Å². The molecule has 10 nitrogen and oxygen atoms in total. The summed E-state index contributed by atoms with van der Waals surface area (Å²) in [5.41, 5.74) is 1.83. The van der Waals surface area contributed by atoms with E-state index in [0.29, 0.717) is 5.56 Å². The molecule has 1 heterocycles. The van der Waals surface area contributed by atoms with Crippen molar-refractivity contribution in [1.29, 1.82) is 0 Å². The SMILES string of the molecule is CCn1c(C)cc(C(=O)COC(=O)CNC(=O)c2ccc(OC)c([N+](=O)[O-])c2)c1C. The molecular weight excluding hydrogens is 394 g/mol. The molecule has 0 unspecified atom stereocenters. The highest BCUT2D eigenvalue weighted by atomic mass is 16.6. The number of methoxy groups -OCH3 is 1. The van der Waals surface area contributed by atoms with Crippen LogP contribution in [-0.2, 0) is 16.1 Å². The summed E-state index contributed by atoms with van der Waals surface area (Å²) in [6.07, 6.45) is 0. The zero-order chi connectivity index (χ0) is 22.4. The van der Waals surface area contributed by atoms with Crippen LogP contribution in [0.5, 0.6) is 5.75 Å². The number of Topliss-reactive ketones (excluding diaryl/α,β-unsaturated/α-hetero) is 1. The molecule has 0 saturated heterocycles. The molecule has 1 aromatic heterocycles. The number of nitro groups is 1. The van der Waals surface area contributed by atoms with Crippen LogP contribution in [-0.4, -0.2) is 47.4 Å². The van der Waals surface area contributed by atoms with Gasteiger partial charge < -0.3 is 19.4 Å². The van der Waals surface area contributed by atoms with E-state index in [1.165, 1.54) is 19.2 Å². The Morgan fingerprint density at radius 2 is 1.90 bits per heavy atom. The van der Waals surface area contributed by atoms with Crippen molar-refractivity contribution >= 4 is 23.3 Å². The molecule has 30 heavy (non-hydrogen) atoms. The Balaban J connectivity index is 1.92. The second kappa shape index (κ2) is 9.68. The summed E-state index contributed by atoms with van der Waals surface area (Å²) in [7, 11) is 1.28. The highest BCUT2D eigenvalue weighted by Crippen LogP contribution is 2.27. The first-order valence-electron chi connectivity index (χ1n) is 9.15. The van der Waals surface area contributed by atoms with E-state index in [9.17, 15) is 24.5 Å². The maximum atomic E-state index is 12.3. The Bertz CT molecular complexity index is 995. The van der Waals surface area contributed by atoms with Gasteiger partial charge in [-0.05, 0) is 39.0 Å².